The van der Waals surface area contributed by atoms with E-state index in [9.17, 15) is 9.90 Å². The van der Waals surface area contributed by atoms with E-state index < -0.39 is 0 Å². The van der Waals surface area contributed by atoms with Gasteiger partial charge in [0.1, 0.15) is 5.75 Å². The van der Waals surface area contributed by atoms with Crippen LogP contribution in [0.1, 0.15) is 12.5 Å². The number of hydrogen-bond donors (Lipinski definition) is 3. The van der Waals surface area contributed by atoms with Gasteiger partial charge in [0.05, 0.1) is 11.4 Å². The third kappa shape index (κ3) is 3.72. The Morgan fingerprint density at radius 1 is 1.17 bits per heavy atom. The predicted octanol–water partition coefficient (Wildman–Crippen LogP) is 4.53. The fraction of sp³-hybridized carbons (Fsp3) is 0.111. The van der Waals surface area contributed by atoms with Crippen LogP contribution in [0.4, 0.5) is 16.5 Å². The number of aryl methyl sites for hydroxylation is 1. The summed E-state index contributed by atoms with van der Waals surface area (Å²) in [6.07, 6.45) is 0. The van der Waals surface area contributed by atoms with Crippen LogP contribution in [0.3, 0.4) is 0 Å². The van der Waals surface area contributed by atoms with Crippen LogP contribution < -0.4 is 10.6 Å². The Kier molecular flexibility index (Phi) is 4.48. The van der Waals surface area contributed by atoms with Crippen LogP contribution >= 0.6 is 11.3 Å². The van der Waals surface area contributed by atoms with E-state index in [0.29, 0.717) is 5.69 Å². The molecule has 0 atom stereocenters. The van der Waals surface area contributed by atoms with Crippen molar-refractivity contribution in [3.05, 3.63) is 53.4 Å². The molecular weight excluding hydrogens is 322 g/mol. The number of aromatic nitrogens is 1. The molecule has 0 saturated heterocycles. The smallest absolute Gasteiger partial charge is 0.221 e. The van der Waals surface area contributed by atoms with Crippen LogP contribution in [0, 0.1) is 6.92 Å². The van der Waals surface area contributed by atoms with E-state index in [2.05, 4.69) is 15.6 Å². The minimum Gasteiger partial charge on any atom is -0.506 e. The van der Waals surface area contributed by atoms with E-state index in [1.54, 1.807) is 18.2 Å². The van der Waals surface area contributed by atoms with Crippen molar-refractivity contribution < 1.29 is 9.90 Å². The van der Waals surface area contributed by atoms with Gasteiger partial charge in [-0.3, -0.25) is 4.79 Å². The highest BCUT2D eigenvalue weighted by Gasteiger charge is 2.09. The first kappa shape index (κ1) is 16.0. The van der Waals surface area contributed by atoms with Crippen molar-refractivity contribution in [1.82, 2.24) is 4.98 Å². The standard InChI is InChI=1S/C18H17N3O2S/c1-11-3-6-14(7-4-11)20-18-21-16(10-24-18)13-5-8-17(23)15(9-13)19-12(2)22/h3-10,23H,1-2H3,(H,19,22)(H,20,21). The molecule has 0 aliphatic rings. The summed E-state index contributed by atoms with van der Waals surface area (Å²) in [5.41, 5.74) is 4.16. The molecule has 1 heterocycles. The van der Waals surface area contributed by atoms with Crippen LogP contribution in [0.5, 0.6) is 5.75 Å². The van der Waals surface area contributed by atoms with Crippen molar-refractivity contribution in [1.29, 1.82) is 0 Å². The summed E-state index contributed by atoms with van der Waals surface area (Å²) in [6, 6.07) is 13.1. The summed E-state index contributed by atoms with van der Waals surface area (Å²) >= 11 is 1.50. The second kappa shape index (κ2) is 6.72. The number of thiazole rings is 1. The van der Waals surface area contributed by atoms with E-state index in [1.807, 2.05) is 36.6 Å². The van der Waals surface area contributed by atoms with Gasteiger partial charge in [0.2, 0.25) is 5.91 Å². The number of benzene rings is 2. The molecular formula is C18H17N3O2S. The number of carbonyl (C=O) groups excluding carboxylic acids is 1. The molecule has 3 N–H and O–H groups in total. The fourth-order valence-corrected chi connectivity index (χ4v) is 2.95. The Bertz CT molecular complexity index is 872. The lowest BCUT2D eigenvalue weighted by Gasteiger charge is -2.07. The van der Waals surface area contributed by atoms with E-state index in [0.717, 1.165) is 22.1 Å². The Hall–Kier alpha value is -2.86. The second-order valence-corrected chi connectivity index (χ2v) is 6.30. The minimum absolute atomic E-state index is 0.0298. The monoisotopic (exact) mass is 339 g/mol. The Morgan fingerprint density at radius 2 is 1.92 bits per heavy atom. The number of amides is 1. The van der Waals surface area contributed by atoms with Crippen LogP contribution in [0.2, 0.25) is 0 Å². The number of carbonyl (C=O) groups is 1. The summed E-state index contributed by atoms with van der Waals surface area (Å²) in [4.78, 5) is 15.8. The molecule has 0 radical (unpaired) electrons. The van der Waals surface area contributed by atoms with Crippen LogP contribution in [-0.4, -0.2) is 16.0 Å². The van der Waals surface area contributed by atoms with Crippen LogP contribution in [-0.2, 0) is 4.79 Å². The van der Waals surface area contributed by atoms with Gasteiger partial charge in [0.15, 0.2) is 5.13 Å². The normalized spacial score (nSPS) is 10.4. The van der Waals surface area contributed by atoms with Gasteiger partial charge in [-0.15, -0.1) is 11.3 Å². The molecule has 0 bridgehead atoms. The molecule has 0 unspecified atom stereocenters. The molecule has 5 nitrogen and oxygen atoms in total. The molecule has 0 fully saturated rings. The minimum atomic E-state index is -0.234. The molecule has 3 aromatic rings. The number of phenolic OH excluding ortho intramolecular Hbond substituents is 1. The summed E-state index contributed by atoms with van der Waals surface area (Å²) in [5.74, 6) is -0.204. The Labute approximate surface area is 144 Å². The van der Waals surface area contributed by atoms with E-state index in [4.69, 9.17) is 0 Å². The highest BCUT2D eigenvalue weighted by molar-refractivity contribution is 7.14. The number of phenols is 1. The molecule has 24 heavy (non-hydrogen) atoms. The molecule has 0 spiro atoms. The first-order valence-corrected chi connectivity index (χ1v) is 8.29. The molecule has 122 valence electrons. The Balaban J connectivity index is 1.82. The zero-order valence-electron chi connectivity index (χ0n) is 13.3. The molecule has 6 heteroatoms. The van der Waals surface area contributed by atoms with Crippen molar-refractivity contribution in [2.24, 2.45) is 0 Å². The topological polar surface area (TPSA) is 74.2 Å². The van der Waals surface area contributed by atoms with Crippen LogP contribution in [0.25, 0.3) is 11.3 Å². The highest BCUT2D eigenvalue weighted by atomic mass is 32.1. The molecule has 0 aliphatic carbocycles. The molecule has 0 saturated carbocycles. The molecule has 2 aromatic carbocycles. The second-order valence-electron chi connectivity index (χ2n) is 5.44. The van der Waals surface area contributed by atoms with Gasteiger partial charge in [-0.25, -0.2) is 4.98 Å². The van der Waals surface area contributed by atoms with Gasteiger partial charge in [0, 0.05) is 23.6 Å². The average Bonchev–Trinajstić information content (AvgIpc) is 3.00. The lowest BCUT2D eigenvalue weighted by atomic mass is 10.1. The van der Waals surface area contributed by atoms with Gasteiger partial charge in [-0.1, -0.05) is 17.7 Å². The van der Waals surface area contributed by atoms with Crippen molar-refractivity contribution in [2.45, 2.75) is 13.8 Å². The van der Waals surface area contributed by atoms with Gasteiger partial charge in [-0.05, 0) is 37.3 Å². The van der Waals surface area contributed by atoms with Crippen LogP contribution in [0.15, 0.2) is 47.8 Å². The summed E-state index contributed by atoms with van der Waals surface area (Å²) < 4.78 is 0. The van der Waals surface area contributed by atoms with Gasteiger partial charge < -0.3 is 15.7 Å². The maximum Gasteiger partial charge on any atom is 0.221 e. The van der Waals surface area contributed by atoms with Gasteiger partial charge in [0.25, 0.3) is 0 Å². The van der Waals surface area contributed by atoms with Crippen molar-refractivity contribution in [2.75, 3.05) is 10.6 Å². The third-order valence-electron chi connectivity index (χ3n) is 3.41. The number of rotatable bonds is 4. The number of nitrogens with zero attached hydrogens (tertiary/aromatic N) is 1. The number of aromatic hydroxyl groups is 1. The number of anilines is 3. The average molecular weight is 339 g/mol. The Morgan fingerprint density at radius 3 is 2.62 bits per heavy atom. The zero-order valence-corrected chi connectivity index (χ0v) is 14.1. The predicted molar refractivity (Wildman–Crippen MR) is 98.0 cm³/mol. The maximum atomic E-state index is 11.2. The number of nitrogens with one attached hydrogen (secondary N) is 2. The van der Waals surface area contributed by atoms with Crippen molar-refractivity contribution in [3.63, 3.8) is 0 Å². The quantitative estimate of drug-likeness (QED) is 0.611. The molecule has 1 aromatic heterocycles. The van der Waals surface area contributed by atoms with Gasteiger partial charge >= 0.3 is 0 Å². The summed E-state index contributed by atoms with van der Waals surface area (Å²) in [5, 5.41) is 18.4. The lowest BCUT2D eigenvalue weighted by molar-refractivity contribution is -0.114. The van der Waals surface area contributed by atoms with Crippen molar-refractivity contribution in [3.8, 4) is 17.0 Å². The number of hydrogen-bond acceptors (Lipinski definition) is 5. The SMILES string of the molecule is CC(=O)Nc1cc(-c2csc(Nc3ccc(C)cc3)n2)ccc1O. The summed E-state index contributed by atoms with van der Waals surface area (Å²) in [6.45, 7) is 3.45. The summed E-state index contributed by atoms with van der Waals surface area (Å²) in [7, 11) is 0. The third-order valence-corrected chi connectivity index (χ3v) is 4.17. The fourth-order valence-electron chi connectivity index (χ4n) is 2.21. The molecule has 3 rings (SSSR count). The lowest BCUT2D eigenvalue weighted by Crippen LogP contribution is -2.05. The van der Waals surface area contributed by atoms with Crippen molar-refractivity contribution >= 4 is 33.8 Å². The van der Waals surface area contributed by atoms with E-state index >= 15 is 0 Å². The highest BCUT2D eigenvalue weighted by Crippen LogP contribution is 2.32. The largest absolute Gasteiger partial charge is 0.506 e. The molecule has 1 amide bonds. The van der Waals surface area contributed by atoms with E-state index in [-0.39, 0.29) is 11.7 Å². The maximum absolute atomic E-state index is 11.2. The molecule has 0 aliphatic heterocycles. The first-order valence-electron chi connectivity index (χ1n) is 7.41. The van der Waals surface area contributed by atoms with Gasteiger partial charge in [-0.2, -0.15) is 0 Å². The first-order chi connectivity index (χ1) is 11.5. The van der Waals surface area contributed by atoms with E-state index in [1.165, 1.54) is 23.8 Å². The zero-order chi connectivity index (χ0) is 17.1.